The summed E-state index contributed by atoms with van der Waals surface area (Å²) in [6.45, 7) is 1.90. The number of primary amides is 1. The van der Waals surface area contributed by atoms with Crippen molar-refractivity contribution < 1.29 is 9.59 Å². The molecule has 2 unspecified atom stereocenters. The Balaban J connectivity index is 2.18. The summed E-state index contributed by atoms with van der Waals surface area (Å²) < 4.78 is 0. The molecule has 0 saturated carbocycles. The highest BCUT2D eigenvalue weighted by atomic mass is 16.2. The van der Waals surface area contributed by atoms with E-state index in [2.05, 4.69) is 13.0 Å². The Hall–Kier alpha value is -2.66. The van der Waals surface area contributed by atoms with Crippen LogP contribution in [-0.4, -0.2) is 24.4 Å². The highest BCUT2D eigenvalue weighted by molar-refractivity contribution is 6.02. The Morgan fingerprint density at radius 2 is 1.92 bits per heavy atom. The van der Waals surface area contributed by atoms with E-state index in [1.165, 1.54) is 4.90 Å². The molecule has 1 heterocycles. The summed E-state index contributed by atoms with van der Waals surface area (Å²) in [4.78, 5) is 25.8. The Labute approximate surface area is 147 Å². The van der Waals surface area contributed by atoms with Crippen LogP contribution in [0.15, 0.2) is 48.5 Å². The minimum atomic E-state index is -0.679. The van der Waals surface area contributed by atoms with Gasteiger partial charge in [0.15, 0.2) is 0 Å². The van der Waals surface area contributed by atoms with Crippen LogP contribution in [0.1, 0.15) is 36.0 Å². The monoisotopic (exact) mass is 337 g/mol. The van der Waals surface area contributed by atoms with Crippen LogP contribution in [0.4, 0.5) is 5.69 Å². The lowest BCUT2D eigenvalue weighted by atomic mass is 9.85. The molecule has 0 radical (unpaired) electrons. The van der Waals surface area contributed by atoms with Gasteiger partial charge in [-0.15, -0.1) is 0 Å². The topological polar surface area (TPSA) is 89.4 Å². The number of aryl methyl sites for hydroxylation is 1. The first-order valence-corrected chi connectivity index (χ1v) is 8.54. The summed E-state index contributed by atoms with van der Waals surface area (Å²) in [7, 11) is 0. The minimum Gasteiger partial charge on any atom is -0.368 e. The van der Waals surface area contributed by atoms with E-state index in [-0.39, 0.29) is 18.4 Å². The average molecular weight is 337 g/mol. The summed E-state index contributed by atoms with van der Waals surface area (Å²) in [5, 5.41) is 0. The third kappa shape index (κ3) is 3.42. The second kappa shape index (κ2) is 7.07. The number of anilines is 1. The molecule has 4 N–H and O–H groups in total. The quantitative estimate of drug-likeness (QED) is 0.893. The Bertz CT molecular complexity index is 789. The predicted molar refractivity (Wildman–Crippen MR) is 98.2 cm³/mol. The normalized spacial score (nSPS) is 20.1. The fraction of sp³-hybridized carbons (Fsp3) is 0.300. The highest BCUT2D eigenvalue weighted by Gasteiger charge is 2.34. The van der Waals surface area contributed by atoms with Crippen molar-refractivity contribution in [1.29, 1.82) is 0 Å². The van der Waals surface area contributed by atoms with Gasteiger partial charge in [-0.1, -0.05) is 49.4 Å². The van der Waals surface area contributed by atoms with Crippen LogP contribution in [0.5, 0.6) is 0 Å². The minimum absolute atomic E-state index is 0.000988. The molecule has 25 heavy (non-hydrogen) atoms. The molecule has 2 aromatic carbocycles. The van der Waals surface area contributed by atoms with E-state index in [9.17, 15) is 9.59 Å². The van der Waals surface area contributed by atoms with E-state index in [0.717, 1.165) is 28.8 Å². The molecule has 0 aromatic heterocycles. The predicted octanol–water partition coefficient (Wildman–Crippen LogP) is 1.93. The maximum absolute atomic E-state index is 12.8. The van der Waals surface area contributed by atoms with Crippen molar-refractivity contribution in [2.75, 3.05) is 11.4 Å². The molecule has 0 bridgehead atoms. The molecule has 0 saturated heterocycles. The standard InChI is InChI=1S/C20H23N3O2/c1-2-13-8-9-15-16(14-6-4-3-5-7-14)11-17(21)20(25)23(12-19(22)24)18(15)10-13/h3-10,16-17H,2,11-12,21H2,1H3,(H2,22,24). The molecule has 1 aliphatic rings. The zero-order chi connectivity index (χ0) is 18.0. The van der Waals surface area contributed by atoms with Gasteiger partial charge in [0.2, 0.25) is 11.8 Å². The van der Waals surface area contributed by atoms with Crippen molar-refractivity contribution in [3.63, 3.8) is 0 Å². The van der Waals surface area contributed by atoms with E-state index in [4.69, 9.17) is 11.5 Å². The van der Waals surface area contributed by atoms with Crippen molar-refractivity contribution >= 4 is 17.5 Å². The number of fused-ring (bicyclic) bond motifs is 1. The zero-order valence-electron chi connectivity index (χ0n) is 14.3. The molecule has 0 spiro atoms. The zero-order valence-corrected chi connectivity index (χ0v) is 14.3. The van der Waals surface area contributed by atoms with Crippen LogP contribution < -0.4 is 16.4 Å². The van der Waals surface area contributed by atoms with Gasteiger partial charge < -0.3 is 16.4 Å². The average Bonchev–Trinajstić information content (AvgIpc) is 2.72. The van der Waals surface area contributed by atoms with Crippen LogP contribution in [0.25, 0.3) is 0 Å². The highest BCUT2D eigenvalue weighted by Crippen LogP contribution is 2.39. The van der Waals surface area contributed by atoms with Crippen molar-refractivity contribution in [2.45, 2.75) is 31.7 Å². The number of benzene rings is 2. The number of carbonyl (C=O) groups excluding carboxylic acids is 2. The van der Waals surface area contributed by atoms with E-state index >= 15 is 0 Å². The lowest BCUT2D eigenvalue weighted by Crippen LogP contribution is -2.46. The lowest BCUT2D eigenvalue weighted by molar-refractivity contribution is -0.123. The number of nitrogens with two attached hydrogens (primary N) is 2. The Kier molecular flexibility index (Phi) is 4.86. The lowest BCUT2D eigenvalue weighted by Gasteiger charge is -2.24. The smallest absolute Gasteiger partial charge is 0.244 e. The van der Waals surface area contributed by atoms with Gasteiger partial charge in [-0.3, -0.25) is 9.59 Å². The number of rotatable bonds is 4. The van der Waals surface area contributed by atoms with E-state index in [0.29, 0.717) is 6.42 Å². The first-order valence-electron chi connectivity index (χ1n) is 8.54. The molecule has 5 nitrogen and oxygen atoms in total. The number of amides is 2. The van der Waals surface area contributed by atoms with Crippen LogP contribution in [-0.2, 0) is 16.0 Å². The molecular weight excluding hydrogens is 314 g/mol. The summed E-state index contributed by atoms with van der Waals surface area (Å²) in [6.07, 6.45) is 1.34. The number of carbonyl (C=O) groups is 2. The SMILES string of the molecule is CCc1ccc2c(c1)N(CC(N)=O)C(=O)C(N)CC2c1ccccc1. The fourth-order valence-electron chi connectivity index (χ4n) is 3.46. The van der Waals surface area contributed by atoms with Crippen LogP contribution in [0.3, 0.4) is 0 Å². The van der Waals surface area contributed by atoms with E-state index < -0.39 is 11.9 Å². The fourth-order valence-corrected chi connectivity index (χ4v) is 3.46. The number of nitrogens with zero attached hydrogens (tertiary/aromatic N) is 1. The van der Waals surface area contributed by atoms with E-state index in [1.807, 2.05) is 42.5 Å². The van der Waals surface area contributed by atoms with Crippen molar-refractivity contribution in [1.82, 2.24) is 0 Å². The largest absolute Gasteiger partial charge is 0.368 e. The molecule has 1 aliphatic heterocycles. The molecule has 2 aromatic rings. The Morgan fingerprint density at radius 3 is 2.56 bits per heavy atom. The maximum atomic E-state index is 12.8. The van der Waals surface area contributed by atoms with Gasteiger partial charge >= 0.3 is 0 Å². The van der Waals surface area contributed by atoms with Gasteiger partial charge in [0.25, 0.3) is 0 Å². The molecule has 3 rings (SSSR count). The van der Waals surface area contributed by atoms with Crippen molar-refractivity contribution in [3.05, 3.63) is 65.2 Å². The van der Waals surface area contributed by atoms with Crippen LogP contribution >= 0.6 is 0 Å². The molecule has 2 atom stereocenters. The van der Waals surface area contributed by atoms with Gasteiger partial charge in [-0.25, -0.2) is 0 Å². The molecule has 0 aliphatic carbocycles. The second-order valence-electron chi connectivity index (χ2n) is 6.44. The third-order valence-corrected chi connectivity index (χ3v) is 4.76. The van der Waals surface area contributed by atoms with Crippen molar-refractivity contribution in [2.24, 2.45) is 11.5 Å². The summed E-state index contributed by atoms with van der Waals surface area (Å²) in [6, 6.07) is 15.4. The molecule has 2 amide bonds. The van der Waals surface area contributed by atoms with Gasteiger partial charge in [-0.05, 0) is 35.6 Å². The van der Waals surface area contributed by atoms with Crippen LogP contribution in [0.2, 0.25) is 0 Å². The Morgan fingerprint density at radius 1 is 1.20 bits per heavy atom. The number of hydrogen-bond acceptors (Lipinski definition) is 3. The van der Waals surface area contributed by atoms with E-state index in [1.54, 1.807) is 0 Å². The van der Waals surface area contributed by atoms with Crippen LogP contribution in [0, 0.1) is 0 Å². The first-order chi connectivity index (χ1) is 12.0. The molecule has 5 heteroatoms. The maximum Gasteiger partial charge on any atom is 0.244 e. The molecular formula is C20H23N3O2. The molecule has 0 fully saturated rings. The van der Waals surface area contributed by atoms with Gasteiger partial charge in [-0.2, -0.15) is 0 Å². The van der Waals surface area contributed by atoms with Gasteiger partial charge in [0, 0.05) is 11.6 Å². The first kappa shape index (κ1) is 17.2. The number of hydrogen-bond donors (Lipinski definition) is 2. The summed E-state index contributed by atoms with van der Waals surface area (Å²) in [5.74, 6) is -0.808. The second-order valence-corrected chi connectivity index (χ2v) is 6.44. The van der Waals surface area contributed by atoms with Gasteiger partial charge in [0.1, 0.15) is 6.54 Å². The van der Waals surface area contributed by atoms with Crippen molar-refractivity contribution in [3.8, 4) is 0 Å². The summed E-state index contributed by atoms with van der Waals surface area (Å²) >= 11 is 0. The molecule has 130 valence electrons. The van der Waals surface area contributed by atoms with Gasteiger partial charge in [0.05, 0.1) is 6.04 Å². The third-order valence-electron chi connectivity index (χ3n) is 4.76. The summed E-state index contributed by atoms with van der Waals surface area (Å²) in [5.41, 5.74) is 15.5.